The van der Waals surface area contributed by atoms with Crippen LogP contribution < -0.4 is 9.64 Å². The van der Waals surface area contributed by atoms with E-state index in [1.165, 1.54) is 12.1 Å². The number of hydrogen-bond donors (Lipinski definition) is 0. The zero-order valence-electron chi connectivity index (χ0n) is 18.4. The molecule has 2 aromatic heterocycles. The van der Waals surface area contributed by atoms with Crippen LogP contribution in [-0.2, 0) is 0 Å². The van der Waals surface area contributed by atoms with E-state index in [1.54, 1.807) is 25.6 Å². The summed E-state index contributed by atoms with van der Waals surface area (Å²) in [6, 6.07) is 10.9. The van der Waals surface area contributed by atoms with Crippen molar-refractivity contribution >= 4 is 16.7 Å². The first kappa shape index (κ1) is 21.2. The summed E-state index contributed by atoms with van der Waals surface area (Å²) in [5.74, 6) is 0.546. The fraction of sp³-hybridized carbons (Fsp3) is 0.240. The van der Waals surface area contributed by atoms with Crippen molar-refractivity contribution < 1.29 is 13.5 Å². The standard InChI is InChI=1S/C25H23F2N5O/c1-31-8-10-32(11-9-31)25-20-12-17(19-6-5-18(26)14-21(19)27)13-22(33-2)23(20)29-24(30-25)16-4-3-7-28-15-16/h3-7,12-15H,8-11H2,1-2H3. The van der Waals surface area contributed by atoms with Crippen LogP contribution in [0.2, 0.25) is 0 Å². The molecule has 0 bridgehead atoms. The SMILES string of the molecule is COc1cc(-c2ccc(F)cc2F)cc2c(N3CCN(C)CC3)nc(-c3cccnc3)nc12. The number of methoxy groups -OCH3 is 1. The molecule has 1 saturated heterocycles. The maximum Gasteiger partial charge on any atom is 0.163 e. The van der Waals surface area contributed by atoms with Gasteiger partial charge in [0.25, 0.3) is 0 Å². The molecule has 0 unspecified atom stereocenters. The van der Waals surface area contributed by atoms with Crippen molar-refractivity contribution in [2.24, 2.45) is 0 Å². The second kappa shape index (κ2) is 8.71. The van der Waals surface area contributed by atoms with E-state index in [4.69, 9.17) is 14.7 Å². The molecule has 4 aromatic rings. The number of likely N-dealkylation sites (N-methyl/N-ethyl adjacent to an activating group) is 1. The maximum atomic E-state index is 14.6. The molecular weight excluding hydrogens is 424 g/mol. The first-order chi connectivity index (χ1) is 16.0. The molecule has 0 aliphatic carbocycles. The van der Waals surface area contributed by atoms with E-state index >= 15 is 0 Å². The van der Waals surface area contributed by atoms with Crippen molar-refractivity contribution in [1.82, 2.24) is 19.9 Å². The third-order valence-electron chi connectivity index (χ3n) is 5.93. The number of benzene rings is 2. The summed E-state index contributed by atoms with van der Waals surface area (Å²) in [6.07, 6.45) is 3.43. The van der Waals surface area contributed by atoms with Gasteiger partial charge in [-0.3, -0.25) is 4.98 Å². The minimum Gasteiger partial charge on any atom is -0.494 e. The molecule has 1 aliphatic heterocycles. The summed E-state index contributed by atoms with van der Waals surface area (Å²) in [7, 11) is 3.65. The number of halogens is 2. The average molecular weight is 447 g/mol. The van der Waals surface area contributed by atoms with Gasteiger partial charge in [-0.1, -0.05) is 0 Å². The zero-order chi connectivity index (χ0) is 22.9. The van der Waals surface area contributed by atoms with Crippen LogP contribution >= 0.6 is 0 Å². The molecule has 0 amide bonds. The van der Waals surface area contributed by atoms with Crippen LogP contribution in [0.25, 0.3) is 33.4 Å². The number of rotatable bonds is 4. The summed E-state index contributed by atoms with van der Waals surface area (Å²) in [5.41, 5.74) is 2.29. The highest BCUT2D eigenvalue weighted by Crippen LogP contribution is 2.38. The van der Waals surface area contributed by atoms with Crippen LogP contribution in [0.4, 0.5) is 14.6 Å². The lowest BCUT2D eigenvalue weighted by atomic mass is 10.0. The van der Waals surface area contributed by atoms with Gasteiger partial charge in [-0.05, 0) is 49.0 Å². The molecule has 3 heterocycles. The molecular formula is C25H23F2N5O. The van der Waals surface area contributed by atoms with E-state index in [0.717, 1.165) is 49.0 Å². The van der Waals surface area contributed by atoms with Gasteiger partial charge >= 0.3 is 0 Å². The lowest BCUT2D eigenvalue weighted by Crippen LogP contribution is -2.45. The fourth-order valence-corrected chi connectivity index (χ4v) is 4.10. The Kier molecular flexibility index (Phi) is 5.60. The van der Waals surface area contributed by atoms with Crippen molar-refractivity contribution in [3.05, 3.63) is 66.5 Å². The van der Waals surface area contributed by atoms with Gasteiger partial charge in [0, 0.05) is 61.2 Å². The van der Waals surface area contributed by atoms with Crippen molar-refractivity contribution in [1.29, 1.82) is 0 Å². The highest BCUT2D eigenvalue weighted by Gasteiger charge is 2.22. The van der Waals surface area contributed by atoms with E-state index in [2.05, 4.69) is 21.8 Å². The largest absolute Gasteiger partial charge is 0.494 e. The number of piperazine rings is 1. The summed E-state index contributed by atoms with van der Waals surface area (Å²) < 4.78 is 33.8. The molecule has 5 rings (SSSR count). The lowest BCUT2D eigenvalue weighted by Gasteiger charge is -2.34. The van der Waals surface area contributed by atoms with Crippen LogP contribution in [-0.4, -0.2) is 60.2 Å². The van der Waals surface area contributed by atoms with Crippen LogP contribution in [0.15, 0.2) is 54.9 Å². The van der Waals surface area contributed by atoms with Gasteiger partial charge < -0.3 is 14.5 Å². The average Bonchev–Trinajstić information content (AvgIpc) is 2.84. The minimum absolute atomic E-state index is 0.289. The molecule has 8 heteroatoms. The maximum absolute atomic E-state index is 14.6. The van der Waals surface area contributed by atoms with Gasteiger partial charge in [0.2, 0.25) is 0 Å². The van der Waals surface area contributed by atoms with Gasteiger partial charge in [-0.25, -0.2) is 18.7 Å². The Morgan fingerprint density at radius 3 is 2.45 bits per heavy atom. The summed E-state index contributed by atoms with van der Waals surface area (Å²) in [6.45, 7) is 3.40. The Hall–Kier alpha value is -3.65. The predicted octanol–water partition coefficient (Wildman–Crippen LogP) is 4.40. The van der Waals surface area contributed by atoms with Crippen LogP contribution in [0.1, 0.15) is 0 Å². The Labute approximate surface area is 190 Å². The first-order valence-corrected chi connectivity index (χ1v) is 10.7. The van der Waals surface area contributed by atoms with E-state index in [1.807, 2.05) is 18.2 Å². The second-order valence-corrected chi connectivity index (χ2v) is 8.10. The van der Waals surface area contributed by atoms with Gasteiger partial charge in [-0.2, -0.15) is 0 Å². The molecule has 33 heavy (non-hydrogen) atoms. The molecule has 1 aliphatic rings. The van der Waals surface area contributed by atoms with Crippen LogP contribution in [0.5, 0.6) is 5.75 Å². The molecule has 0 spiro atoms. The lowest BCUT2D eigenvalue weighted by molar-refractivity contribution is 0.312. The number of nitrogens with zero attached hydrogens (tertiary/aromatic N) is 5. The normalized spacial score (nSPS) is 14.6. The number of hydrogen-bond acceptors (Lipinski definition) is 6. The van der Waals surface area contributed by atoms with Crippen molar-refractivity contribution in [2.75, 3.05) is 45.2 Å². The van der Waals surface area contributed by atoms with E-state index in [9.17, 15) is 8.78 Å². The topological polar surface area (TPSA) is 54.4 Å². The number of anilines is 1. The van der Waals surface area contributed by atoms with E-state index < -0.39 is 11.6 Å². The summed E-state index contributed by atoms with van der Waals surface area (Å²) >= 11 is 0. The number of ether oxygens (including phenoxy) is 1. The zero-order valence-corrected chi connectivity index (χ0v) is 18.4. The van der Waals surface area contributed by atoms with Crippen molar-refractivity contribution in [3.8, 4) is 28.3 Å². The van der Waals surface area contributed by atoms with Crippen molar-refractivity contribution in [2.45, 2.75) is 0 Å². The number of fused-ring (bicyclic) bond motifs is 1. The molecule has 0 saturated carbocycles. The summed E-state index contributed by atoms with van der Waals surface area (Å²) in [5, 5.41) is 0.755. The third-order valence-corrected chi connectivity index (χ3v) is 5.93. The first-order valence-electron chi connectivity index (χ1n) is 10.7. The highest BCUT2D eigenvalue weighted by atomic mass is 19.1. The van der Waals surface area contributed by atoms with Crippen molar-refractivity contribution in [3.63, 3.8) is 0 Å². The monoisotopic (exact) mass is 447 g/mol. The smallest absolute Gasteiger partial charge is 0.163 e. The quantitative estimate of drug-likeness (QED) is 0.462. The number of aromatic nitrogens is 3. The Balaban J connectivity index is 1.75. The molecule has 6 nitrogen and oxygen atoms in total. The van der Waals surface area contributed by atoms with Gasteiger partial charge in [0.1, 0.15) is 28.7 Å². The molecule has 1 fully saturated rings. The molecule has 2 aromatic carbocycles. The Morgan fingerprint density at radius 2 is 1.76 bits per heavy atom. The Morgan fingerprint density at radius 1 is 0.939 bits per heavy atom. The van der Waals surface area contributed by atoms with E-state index in [-0.39, 0.29) is 5.56 Å². The Bertz CT molecular complexity index is 1310. The highest BCUT2D eigenvalue weighted by molar-refractivity contribution is 5.98. The second-order valence-electron chi connectivity index (χ2n) is 8.10. The van der Waals surface area contributed by atoms with Crippen LogP contribution in [0.3, 0.4) is 0 Å². The number of pyridine rings is 1. The minimum atomic E-state index is -0.634. The fourth-order valence-electron chi connectivity index (χ4n) is 4.10. The van der Waals surface area contributed by atoms with Crippen LogP contribution in [0, 0.1) is 11.6 Å². The molecule has 0 N–H and O–H groups in total. The molecule has 0 radical (unpaired) electrons. The summed E-state index contributed by atoms with van der Waals surface area (Å²) in [4.78, 5) is 18.4. The molecule has 0 atom stereocenters. The van der Waals surface area contributed by atoms with Gasteiger partial charge in [0.05, 0.1) is 7.11 Å². The molecule has 168 valence electrons. The third kappa shape index (κ3) is 4.09. The van der Waals surface area contributed by atoms with Gasteiger partial charge in [0.15, 0.2) is 5.82 Å². The van der Waals surface area contributed by atoms with Gasteiger partial charge in [-0.15, -0.1) is 0 Å². The predicted molar refractivity (Wildman–Crippen MR) is 124 cm³/mol. The van der Waals surface area contributed by atoms with E-state index in [0.29, 0.717) is 22.7 Å².